The SMILES string of the molecule is CCN(C(=O)CSc1nn(-c2ccccc2)c(=S)s1)c1ccccc1. The van der Waals surface area contributed by atoms with Crippen molar-refractivity contribution in [1.29, 1.82) is 0 Å². The average Bonchev–Trinajstić information content (AvgIpc) is 3.03. The van der Waals surface area contributed by atoms with Crippen molar-refractivity contribution in [1.82, 2.24) is 9.78 Å². The molecule has 0 atom stereocenters. The van der Waals surface area contributed by atoms with Crippen molar-refractivity contribution in [2.24, 2.45) is 0 Å². The highest BCUT2D eigenvalue weighted by Crippen LogP contribution is 2.25. The van der Waals surface area contributed by atoms with E-state index in [2.05, 4.69) is 5.10 Å². The fourth-order valence-corrected chi connectivity index (χ4v) is 4.60. The van der Waals surface area contributed by atoms with E-state index in [1.54, 1.807) is 9.58 Å². The Morgan fingerprint density at radius 2 is 1.80 bits per heavy atom. The Morgan fingerprint density at radius 1 is 1.16 bits per heavy atom. The van der Waals surface area contributed by atoms with Crippen molar-refractivity contribution in [2.75, 3.05) is 17.2 Å². The second kappa shape index (κ2) is 8.42. The summed E-state index contributed by atoms with van der Waals surface area (Å²) in [6.07, 6.45) is 0. The van der Waals surface area contributed by atoms with Crippen LogP contribution in [-0.2, 0) is 4.79 Å². The molecule has 7 heteroatoms. The van der Waals surface area contributed by atoms with Crippen molar-refractivity contribution in [3.8, 4) is 5.69 Å². The molecule has 1 heterocycles. The summed E-state index contributed by atoms with van der Waals surface area (Å²) in [6.45, 7) is 2.61. The third kappa shape index (κ3) is 4.36. The van der Waals surface area contributed by atoms with Crippen molar-refractivity contribution in [3.05, 3.63) is 64.6 Å². The van der Waals surface area contributed by atoms with Gasteiger partial charge in [0.25, 0.3) is 0 Å². The molecule has 0 aliphatic rings. The number of anilines is 1. The molecule has 25 heavy (non-hydrogen) atoms. The molecule has 1 aromatic heterocycles. The monoisotopic (exact) mass is 387 g/mol. The van der Waals surface area contributed by atoms with Crippen LogP contribution in [0.15, 0.2) is 65.0 Å². The Morgan fingerprint density at radius 3 is 2.44 bits per heavy atom. The van der Waals surface area contributed by atoms with Gasteiger partial charge in [-0.2, -0.15) is 0 Å². The molecule has 4 nitrogen and oxygen atoms in total. The van der Waals surface area contributed by atoms with Crippen molar-refractivity contribution < 1.29 is 4.79 Å². The Balaban J connectivity index is 1.69. The standard InChI is InChI=1S/C18H17N3OS3/c1-2-20(14-9-5-3-6-10-14)16(22)13-24-17-19-21(18(23)25-17)15-11-7-4-8-12-15/h3-12H,2,13H2,1H3. The Hall–Kier alpha value is -1.96. The molecule has 0 aliphatic heterocycles. The van der Waals surface area contributed by atoms with Crippen molar-refractivity contribution in [3.63, 3.8) is 0 Å². The van der Waals surface area contributed by atoms with E-state index in [0.717, 1.165) is 15.7 Å². The van der Waals surface area contributed by atoms with Crippen LogP contribution in [0.3, 0.4) is 0 Å². The lowest BCUT2D eigenvalue weighted by Gasteiger charge is -2.20. The van der Waals surface area contributed by atoms with Crippen LogP contribution < -0.4 is 4.90 Å². The second-order valence-corrected chi connectivity index (χ2v) is 7.99. The predicted molar refractivity (Wildman–Crippen MR) is 107 cm³/mol. The first-order valence-electron chi connectivity index (χ1n) is 7.83. The van der Waals surface area contributed by atoms with Crippen LogP contribution >= 0.6 is 35.3 Å². The number of para-hydroxylation sites is 2. The zero-order valence-electron chi connectivity index (χ0n) is 13.7. The maximum Gasteiger partial charge on any atom is 0.237 e. The Bertz CT molecular complexity index is 891. The summed E-state index contributed by atoms with van der Waals surface area (Å²) in [4.78, 5) is 14.3. The quantitative estimate of drug-likeness (QED) is 0.449. The van der Waals surface area contributed by atoms with E-state index in [0.29, 0.717) is 16.3 Å². The number of hydrogen-bond donors (Lipinski definition) is 0. The van der Waals surface area contributed by atoms with E-state index in [1.165, 1.54) is 23.1 Å². The van der Waals surface area contributed by atoms with Gasteiger partial charge in [0.1, 0.15) is 0 Å². The molecule has 0 unspecified atom stereocenters. The number of carbonyl (C=O) groups is 1. The number of nitrogens with zero attached hydrogens (tertiary/aromatic N) is 3. The van der Waals surface area contributed by atoms with Gasteiger partial charge < -0.3 is 4.90 Å². The van der Waals surface area contributed by atoms with E-state index in [9.17, 15) is 4.79 Å². The lowest BCUT2D eigenvalue weighted by Crippen LogP contribution is -2.32. The molecule has 0 N–H and O–H groups in total. The van der Waals surface area contributed by atoms with E-state index in [-0.39, 0.29) is 5.91 Å². The Labute approximate surface area is 160 Å². The van der Waals surface area contributed by atoms with Gasteiger partial charge in [-0.25, -0.2) is 4.68 Å². The molecule has 2 aromatic carbocycles. The molecular weight excluding hydrogens is 370 g/mol. The fourth-order valence-electron chi connectivity index (χ4n) is 2.36. The summed E-state index contributed by atoms with van der Waals surface area (Å²) in [6, 6.07) is 19.5. The number of rotatable bonds is 6. The normalized spacial score (nSPS) is 10.6. The highest BCUT2D eigenvalue weighted by molar-refractivity contribution is 8.01. The van der Waals surface area contributed by atoms with Gasteiger partial charge >= 0.3 is 0 Å². The smallest absolute Gasteiger partial charge is 0.237 e. The molecule has 0 radical (unpaired) electrons. The van der Waals surface area contributed by atoms with Gasteiger partial charge in [0.2, 0.25) is 5.91 Å². The largest absolute Gasteiger partial charge is 0.312 e. The third-order valence-corrected chi connectivity index (χ3v) is 5.88. The first-order valence-corrected chi connectivity index (χ1v) is 10.0. The molecule has 1 amide bonds. The Kier molecular flexibility index (Phi) is 6.01. The first kappa shape index (κ1) is 17.8. The third-order valence-electron chi connectivity index (χ3n) is 3.53. The van der Waals surface area contributed by atoms with Gasteiger partial charge in [0, 0.05) is 12.2 Å². The zero-order chi connectivity index (χ0) is 17.6. The topological polar surface area (TPSA) is 38.1 Å². The van der Waals surface area contributed by atoms with Crippen LogP contribution in [-0.4, -0.2) is 28.0 Å². The molecule has 0 aliphatic carbocycles. The maximum atomic E-state index is 12.6. The van der Waals surface area contributed by atoms with E-state index in [4.69, 9.17) is 12.2 Å². The van der Waals surface area contributed by atoms with Gasteiger partial charge in [-0.1, -0.05) is 59.5 Å². The van der Waals surface area contributed by atoms with Gasteiger partial charge in [-0.15, -0.1) is 5.10 Å². The molecule has 3 aromatic rings. The van der Waals surface area contributed by atoms with E-state index < -0.39 is 0 Å². The fraction of sp³-hybridized carbons (Fsp3) is 0.167. The molecule has 0 spiro atoms. The van der Waals surface area contributed by atoms with Crippen LogP contribution in [0, 0.1) is 3.95 Å². The number of carbonyl (C=O) groups excluding carboxylic acids is 1. The minimum Gasteiger partial charge on any atom is -0.312 e. The van der Waals surface area contributed by atoms with E-state index >= 15 is 0 Å². The lowest BCUT2D eigenvalue weighted by molar-refractivity contribution is -0.116. The predicted octanol–water partition coefficient (Wildman–Crippen LogP) is 4.81. The number of hydrogen-bond acceptors (Lipinski definition) is 5. The minimum absolute atomic E-state index is 0.0612. The summed E-state index contributed by atoms with van der Waals surface area (Å²) >= 11 is 8.25. The summed E-state index contributed by atoms with van der Waals surface area (Å²) in [5, 5.41) is 4.53. The molecule has 0 fully saturated rings. The van der Waals surface area contributed by atoms with Crippen LogP contribution in [0.2, 0.25) is 0 Å². The minimum atomic E-state index is 0.0612. The van der Waals surface area contributed by atoms with Gasteiger partial charge in [0.15, 0.2) is 8.29 Å². The number of amides is 1. The molecule has 0 saturated heterocycles. The summed E-state index contributed by atoms with van der Waals surface area (Å²) < 4.78 is 3.21. The number of aromatic nitrogens is 2. The first-order chi connectivity index (χ1) is 12.2. The van der Waals surface area contributed by atoms with Gasteiger partial charge in [0.05, 0.1) is 11.4 Å². The number of benzene rings is 2. The number of thioether (sulfide) groups is 1. The van der Waals surface area contributed by atoms with E-state index in [1.807, 2.05) is 67.6 Å². The second-order valence-electron chi connectivity index (χ2n) is 5.14. The van der Waals surface area contributed by atoms with Crippen LogP contribution in [0.25, 0.3) is 5.69 Å². The van der Waals surface area contributed by atoms with Crippen LogP contribution in [0.5, 0.6) is 0 Å². The summed E-state index contributed by atoms with van der Waals surface area (Å²) in [5.41, 5.74) is 1.85. The lowest BCUT2D eigenvalue weighted by atomic mass is 10.3. The van der Waals surface area contributed by atoms with Crippen molar-refractivity contribution in [2.45, 2.75) is 11.3 Å². The highest BCUT2D eigenvalue weighted by atomic mass is 32.2. The molecule has 0 bridgehead atoms. The average molecular weight is 388 g/mol. The van der Waals surface area contributed by atoms with Gasteiger partial charge in [-0.05, 0) is 43.4 Å². The summed E-state index contributed by atoms with van der Waals surface area (Å²) in [7, 11) is 0. The zero-order valence-corrected chi connectivity index (χ0v) is 16.1. The summed E-state index contributed by atoms with van der Waals surface area (Å²) in [5.74, 6) is 0.394. The molecule has 128 valence electrons. The van der Waals surface area contributed by atoms with Crippen LogP contribution in [0.1, 0.15) is 6.92 Å². The van der Waals surface area contributed by atoms with Gasteiger partial charge in [-0.3, -0.25) is 4.79 Å². The molecule has 0 saturated carbocycles. The highest BCUT2D eigenvalue weighted by Gasteiger charge is 2.15. The molecular formula is C18H17N3OS3. The van der Waals surface area contributed by atoms with Crippen molar-refractivity contribution >= 4 is 46.9 Å². The maximum absolute atomic E-state index is 12.6. The van der Waals surface area contributed by atoms with Crippen LogP contribution in [0.4, 0.5) is 5.69 Å². The molecule has 3 rings (SSSR count).